The predicted molar refractivity (Wildman–Crippen MR) is 118 cm³/mol. The highest BCUT2D eigenvalue weighted by Gasteiger charge is 2.18. The van der Waals surface area contributed by atoms with Crippen LogP contribution in [0, 0.1) is 6.92 Å². The van der Waals surface area contributed by atoms with Crippen molar-refractivity contribution in [3.05, 3.63) is 71.4 Å². The molecule has 5 nitrogen and oxygen atoms in total. The van der Waals surface area contributed by atoms with Crippen molar-refractivity contribution in [3.63, 3.8) is 0 Å². The third kappa shape index (κ3) is 4.17. The number of carbonyl (C=O) groups is 1. The average molecular weight is 406 g/mol. The van der Waals surface area contributed by atoms with Crippen LogP contribution >= 0.6 is 11.3 Å². The van der Waals surface area contributed by atoms with Gasteiger partial charge in [0.2, 0.25) is 0 Å². The summed E-state index contributed by atoms with van der Waals surface area (Å²) >= 11 is 1.40. The molecule has 1 amide bonds. The first kappa shape index (κ1) is 19.2. The van der Waals surface area contributed by atoms with E-state index in [0.29, 0.717) is 11.5 Å². The van der Waals surface area contributed by atoms with Crippen LogP contribution in [0.15, 0.2) is 60.8 Å². The number of thiazole rings is 1. The summed E-state index contributed by atoms with van der Waals surface area (Å²) in [6.45, 7) is 4.79. The number of aryl methyl sites for hydroxylation is 1. The normalized spacial score (nSPS) is 11.0. The molecule has 6 heteroatoms. The van der Waals surface area contributed by atoms with Gasteiger partial charge in [-0.15, -0.1) is 0 Å². The lowest BCUT2D eigenvalue weighted by molar-refractivity contribution is 0.102. The quantitative estimate of drug-likeness (QED) is 0.395. The Morgan fingerprint density at radius 2 is 1.90 bits per heavy atom. The van der Waals surface area contributed by atoms with Gasteiger partial charge in [-0.3, -0.25) is 9.20 Å². The molecule has 2 aromatic heterocycles. The molecule has 0 saturated carbocycles. The van der Waals surface area contributed by atoms with Gasteiger partial charge in [0.25, 0.3) is 5.91 Å². The predicted octanol–water partition coefficient (Wildman–Crippen LogP) is 5.80. The SMILES string of the molecule is CCCCOc1ccc(NC(=O)c2sc3nc(-c4ccccc4)cn3c2C)cc1. The first-order chi connectivity index (χ1) is 14.2. The Kier molecular flexibility index (Phi) is 5.62. The third-order valence-electron chi connectivity index (χ3n) is 4.71. The molecular weight excluding hydrogens is 382 g/mol. The molecule has 29 heavy (non-hydrogen) atoms. The van der Waals surface area contributed by atoms with Crippen molar-refractivity contribution >= 4 is 27.9 Å². The lowest BCUT2D eigenvalue weighted by Gasteiger charge is -2.07. The fourth-order valence-corrected chi connectivity index (χ4v) is 4.07. The van der Waals surface area contributed by atoms with E-state index in [2.05, 4.69) is 17.2 Å². The van der Waals surface area contributed by atoms with E-state index in [1.54, 1.807) is 0 Å². The summed E-state index contributed by atoms with van der Waals surface area (Å²) in [5, 5.41) is 2.97. The standard InChI is InChI=1S/C23H23N3O2S/c1-3-4-14-28-19-12-10-18(11-13-19)24-22(27)21-16(2)26-15-20(25-23(26)29-21)17-8-6-5-7-9-17/h5-13,15H,3-4,14H2,1-2H3,(H,24,27). The van der Waals surface area contributed by atoms with Crippen LogP contribution in [0.5, 0.6) is 5.75 Å². The molecule has 0 atom stereocenters. The number of amides is 1. The van der Waals surface area contributed by atoms with Crippen LogP contribution in [-0.4, -0.2) is 21.9 Å². The summed E-state index contributed by atoms with van der Waals surface area (Å²) in [5.74, 6) is 0.689. The number of anilines is 1. The average Bonchev–Trinajstić information content (AvgIpc) is 3.30. The lowest BCUT2D eigenvalue weighted by atomic mass is 10.2. The highest BCUT2D eigenvalue weighted by molar-refractivity contribution is 7.19. The van der Waals surface area contributed by atoms with Gasteiger partial charge in [-0.05, 0) is 37.6 Å². The van der Waals surface area contributed by atoms with E-state index in [-0.39, 0.29) is 5.91 Å². The van der Waals surface area contributed by atoms with E-state index in [1.165, 1.54) is 11.3 Å². The Morgan fingerprint density at radius 3 is 2.59 bits per heavy atom. The molecule has 0 aliphatic rings. The number of hydrogen-bond acceptors (Lipinski definition) is 4. The van der Waals surface area contributed by atoms with Gasteiger partial charge < -0.3 is 10.1 Å². The minimum absolute atomic E-state index is 0.126. The molecule has 0 spiro atoms. The molecule has 0 unspecified atom stereocenters. The molecule has 0 aliphatic carbocycles. The van der Waals surface area contributed by atoms with Crippen LogP contribution in [0.3, 0.4) is 0 Å². The van der Waals surface area contributed by atoms with Crippen LogP contribution in [0.25, 0.3) is 16.2 Å². The van der Waals surface area contributed by atoms with Gasteiger partial charge >= 0.3 is 0 Å². The number of aromatic nitrogens is 2. The van der Waals surface area contributed by atoms with Crippen molar-refractivity contribution in [1.82, 2.24) is 9.38 Å². The number of nitrogens with one attached hydrogen (secondary N) is 1. The Bertz CT molecular complexity index is 1110. The number of rotatable bonds is 7. The molecule has 0 radical (unpaired) electrons. The topological polar surface area (TPSA) is 55.6 Å². The highest BCUT2D eigenvalue weighted by atomic mass is 32.1. The van der Waals surface area contributed by atoms with Crippen molar-refractivity contribution in [2.75, 3.05) is 11.9 Å². The van der Waals surface area contributed by atoms with Gasteiger partial charge in [0, 0.05) is 23.1 Å². The van der Waals surface area contributed by atoms with E-state index in [0.717, 1.165) is 46.2 Å². The summed E-state index contributed by atoms with van der Waals surface area (Å²) in [7, 11) is 0. The summed E-state index contributed by atoms with van der Waals surface area (Å²) in [5.41, 5.74) is 3.60. The highest BCUT2D eigenvalue weighted by Crippen LogP contribution is 2.28. The molecule has 0 saturated heterocycles. The smallest absolute Gasteiger partial charge is 0.267 e. The summed E-state index contributed by atoms with van der Waals surface area (Å²) in [6.07, 6.45) is 4.12. The lowest BCUT2D eigenvalue weighted by Crippen LogP contribution is -2.11. The van der Waals surface area contributed by atoms with Crippen LogP contribution < -0.4 is 10.1 Å². The van der Waals surface area contributed by atoms with E-state index in [1.807, 2.05) is 72.1 Å². The Morgan fingerprint density at radius 1 is 1.14 bits per heavy atom. The second-order valence-corrected chi connectivity index (χ2v) is 7.82. The van der Waals surface area contributed by atoms with Crippen molar-refractivity contribution < 1.29 is 9.53 Å². The van der Waals surface area contributed by atoms with Crippen molar-refractivity contribution in [2.45, 2.75) is 26.7 Å². The van der Waals surface area contributed by atoms with Crippen LogP contribution in [-0.2, 0) is 0 Å². The maximum atomic E-state index is 12.8. The van der Waals surface area contributed by atoms with E-state index in [4.69, 9.17) is 4.74 Å². The number of benzene rings is 2. The first-order valence-electron chi connectivity index (χ1n) is 9.74. The van der Waals surface area contributed by atoms with E-state index in [9.17, 15) is 4.79 Å². The van der Waals surface area contributed by atoms with E-state index < -0.39 is 0 Å². The van der Waals surface area contributed by atoms with Gasteiger partial charge in [-0.2, -0.15) is 0 Å². The fraction of sp³-hybridized carbons (Fsp3) is 0.217. The Hall–Kier alpha value is -3.12. The van der Waals surface area contributed by atoms with Crippen LogP contribution in [0.2, 0.25) is 0 Å². The number of nitrogens with zero attached hydrogens (tertiary/aromatic N) is 2. The molecule has 148 valence electrons. The second kappa shape index (κ2) is 8.49. The largest absolute Gasteiger partial charge is 0.494 e. The zero-order valence-corrected chi connectivity index (χ0v) is 17.3. The molecule has 4 aromatic rings. The number of hydrogen-bond donors (Lipinski definition) is 1. The van der Waals surface area contributed by atoms with Crippen LogP contribution in [0.4, 0.5) is 5.69 Å². The molecule has 4 rings (SSSR count). The van der Waals surface area contributed by atoms with Gasteiger partial charge in [0.15, 0.2) is 4.96 Å². The molecular formula is C23H23N3O2S. The Balaban J connectivity index is 1.48. The van der Waals surface area contributed by atoms with Gasteiger partial charge in [0.05, 0.1) is 12.3 Å². The summed E-state index contributed by atoms with van der Waals surface area (Å²) < 4.78 is 7.64. The maximum absolute atomic E-state index is 12.8. The first-order valence-corrected chi connectivity index (χ1v) is 10.6. The number of fused-ring (bicyclic) bond motifs is 1. The molecule has 0 fully saturated rings. The van der Waals surface area contributed by atoms with Gasteiger partial charge in [-0.25, -0.2) is 4.98 Å². The van der Waals surface area contributed by atoms with Gasteiger partial charge in [0.1, 0.15) is 10.6 Å². The van der Waals surface area contributed by atoms with Crippen molar-refractivity contribution in [1.29, 1.82) is 0 Å². The fourth-order valence-electron chi connectivity index (χ4n) is 3.07. The Labute approximate surface area is 174 Å². The molecule has 1 N–H and O–H groups in total. The zero-order chi connectivity index (χ0) is 20.2. The molecule has 2 aromatic carbocycles. The van der Waals surface area contributed by atoms with Crippen molar-refractivity contribution in [3.8, 4) is 17.0 Å². The molecule has 2 heterocycles. The van der Waals surface area contributed by atoms with Crippen molar-refractivity contribution in [2.24, 2.45) is 0 Å². The number of imidazole rings is 1. The molecule has 0 aliphatic heterocycles. The maximum Gasteiger partial charge on any atom is 0.267 e. The second-order valence-electron chi connectivity index (χ2n) is 6.84. The van der Waals surface area contributed by atoms with Gasteiger partial charge in [-0.1, -0.05) is 55.0 Å². The van der Waals surface area contributed by atoms with Crippen LogP contribution in [0.1, 0.15) is 35.1 Å². The minimum Gasteiger partial charge on any atom is -0.494 e. The van der Waals surface area contributed by atoms with E-state index >= 15 is 0 Å². The molecule has 0 bridgehead atoms. The number of unbranched alkanes of at least 4 members (excludes halogenated alkanes) is 1. The monoisotopic (exact) mass is 405 g/mol. The zero-order valence-electron chi connectivity index (χ0n) is 16.5. The number of ether oxygens (including phenoxy) is 1. The third-order valence-corrected chi connectivity index (χ3v) is 5.87. The minimum atomic E-state index is -0.126. The summed E-state index contributed by atoms with van der Waals surface area (Å²) in [6, 6.07) is 17.5. The summed E-state index contributed by atoms with van der Waals surface area (Å²) in [4.78, 5) is 18.9. The number of carbonyl (C=O) groups excluding carboxylic acids is 1.